The molecule has 25 heavy (non-hydrogen) atoms. The number of pyridine rings is 1. The molecule has 1 heterocycles. The summed E-state index contributed by atoms with van der Waals surface area (Å²) in [6.45, 7) is 1.98. The second kappa shape index (κ2) is 9.36. The van der Waals surface area contributed by atoms with Crippen molar-refractivity contribution < 1.29 is 23.9 Å². The second-order valence-corrected chi connectivity index (χ2v) is 5.22. The van der Waals surface area contributed by atoms with Crippen molar-refractivity contribution in [3.8, 4) is 0 Å². The number of para-hydroxylation sites is 1. The van der Waals surface area contributed by atoms with Gasteiger partial charge in [0.1, 0.15) is 5.69 Å². The number of ether oxygens (including phenoxy) is 2. The number of rotatable bonds is 8. The number of carbonyl (C=O) groups excluding carboxylic acids is 3. The highest BCUT2D eigenvalue weighted by Gasteiger charge is 2.12. The van der Waals surface area contributed by atoms with E-state index in [1.807, 2.05) is 18.2 Å². The summed E-state index contributed by atoms with van der Waals surface area (Å²) < 4.78 is 9.73. The van der Waals surface area contributed by atoms with Crippen molar-refractivity contribution in [2.24, 2.45) is 0 Å². The van der Waals surface area contributed by atoms with Crippen LogP contribution in [0.2, 0.25) is 0 Å². The average Bonchev–Trinajstić information content (AvgIpc) is 2.63. The summed E-state index contributed by atoms with van der Waals surface area (Å²) in [6, 6.07) is 10.7. The van der Waals surface area contributed by atoms with Gasteiger partial charge in [0.2, 0.25) is 0 Å². The number of aromatic nitrogens is 1. The van der Waals surface area contributed by atoms with E-state index in [2.05, 4.69) is 10.3 Å². The number of carbonyl (C=O) groups is 3. The summed E-state index contributed by atoms with van der Waals surface area (Å²) in [4.78, 5) is 38.9. The Labute approximate surface area is 145 Å². The van der Waals surface area contributed by atoms with E-state index in [1.165, 1.54) is 0 Å². The van der Waals surface area contributed by atoms with E-state index in [-0.39, 0.29) is 18.1 Å². The van der Waals surface area contributed by atoms with E-state index >= 15 is 0 Å². The number of esters is 2. The van der Waals surface area contributed by atoms with Crippen LogP contribution in [0.3, 0.4) is 0 Å². The lowest BCUT2D eigenvalue weighted by Crippen LogP contribution is -2.30. The Morgan fingerprint density at radius 2 is 1.88 bits per heavy atom. The highest BCUT2D eigenvalue weighted by molar-refractivity contribution is 5.92. The number of nitrogens with zero attached hydrogens (tertiary/aromatic N) is 1. The van der Waals surface area contributed by atoms with Crippen LogP contribution < -0.4 is 5.32 Å². The molecule has 0 aliphatic carbocycles. The van der Waals surface area contributed by atoms with Crippen molar-refractivity contribution in [3.63, 3.8) is 0 Å². The highest BCUT2D eigenvalue weighted by atomic mass is 16.5. The van der Waals surface area contributed by atoms with Crippen LogP contribution in [0.4, 0.5) is 0 Å². The molecular weight excluding hydrogens is 324 g/mol. The van der Waals surface area contributed by atoms with Crippen LogP contribution in [-0.2, 0) is 19.1 Å². The molecule has 1 aromatic carbocycles. The van der Waals surface area contributed by atoms with Crippen LogP contribution >= 0.6 is 0 Å². The molecule has 0 unspecified atom stereocenters. The lowest BCUT2D eigenvalue weighted by atomic mass is 10.2. The van der Waals surface area contributed by atoms with Crippen LogP contribution in [0.25, 0.3) is 10.9 Å². The van der Waals surface area contributed by atoms with Crippen molar-refractivity contribution in [1.82, 2.24) is 10.3 Å². The zero-order valence-electron chi connectivity index (χ0n) is 14.0. The molecular formula is C18H20N2O5. The first-order valence-corrected chi connectivity index (χ1v) is 8.05. The van der Waals surface area contributed by atoms with Crippen LogP contribution in [0.5, 0.6) is 0 Å². The van der Waals surface area contributed by atoms with Crippen LogP contribution in [0.1, 0.15) is 30.3 Å². The van der Waals surface area contributed by atoms with E-state index in [0.29, 0.717) is 25.1 Å². The molecule has 7 heteroatoms. The number of amides is 1. The molecule has 0 fully saturated rings. The van der Waals surface area contributed by atoms with Gasteiger partial charge in [0.15, 0.2) is 6.61 Å². The molecule has 2 rings (SSSR count). The van der Waals surface area contributed by atoms with E-state index in [0.717, 1.165) is 5.39 Å². The topological polar surface area (TPSA) is 94.6 Å². The van der Waals surface area contributed by atoms with Gasteiger partial charge in [0, 0.05) is 18.4 Å². The molecule has 0 spiro atoms. The Balaban J connectivity index is 1.73. The van der Waals surface area contributed by atoms with Crippen LogP contribution in [0.15, 0.2) is 36.4 Å². The maximum absolute atomic E-state index is 12.0. The summed E-state index contributed by atoms with van der Waals surface area (Å²) in [5.41, 5.74) is 0.828. The van der Waals surface area contributed by atoms with E-state index in [1.54, 1.807) is 25.1 Å². The number of fused-ring (bicyclic) bond motifs is 1. The molecule has 1 aromatic heterocycles. The predicted molar refractivity (Wildman–Crippen MR) is 90.9 cm³/mol. The fourth-order valence-electron chi connectivity index (χ4n) is 2.13. The molecule has 7 nitrogen and oxygen atoms in total. The Kier molecular flexibility index (Phi) is 6.88. The lowest BCUT2D eigenvalue weighted by molar-refractivity contribution is -0.143. The van der Waals surface area contributed by atoms with Gasteiger partial charge in [-0.1, -0.05) is 24.3 Å². The molecule has 0 bridgehead atoms. The minimum absolute atomic E-state index is 0.147. The molecule has 0 aliphatic rings. The van der Waals surface area contributed by atoms with Gasteiger partial charge < -0.3 is 14.8 Å². The Hall–Kier alpha value is -2.96. The molecule has 0 aliphatic heterocycles. The van der Waals surface area contributed by atoms with Crippen molar-refractivity contribution in [1.29, 1.82) is 0 Å². The summed E-state index contributed by atoms with van der Waals surface area (Å²) in [5, 5.41) is 3.49. The van der Waals surface area contributed by atoms with E-state index < -0.39 is 18.5 Å². The fraction of sp³-hybridized carbons (Fsp3) is 0.333. The Morgan fingerprint density at radius 1 is 1.08 bits per heavy atom. The maximum atomic E-state index is 12.0. The lowest BCUT2D eigenvalue weighted by Gasteiger charge is -2.07. The molecule has 0 saturated heterocycles. The second-order valence-electron chi connectivity index (χ2n) is 5.22. The summed E-state index contributed by atoms with van der Waals surface area (Å²) in [5.74, 6) is -1.39. The Bertz CT molecular complexity index is 760. The largest absolute Gasteiger partial charge is 0.466 e. The van der Waals surface area contributed by atoms with Gasteiger partial charge in [-0.05, 0) is 25.5 Å². The SMILES string of the molecule is CCOC(=O)CCCNC(=O)COC(=O)c1ccc2ccccc2n1. The highest BCUT2D eigenvalue weighted by Crippen LogP contribution is 2.12. The third-order valence-corrected chi connectivity index (χ3v) is 3.33. The number of hydrogen-bond acceptors (Lipinski definition) is 6. The van der Waals surface area contributed by atoms with Gasteiger partial charge in [-0.3, -0.25) is 9.59 Å². The van der Waals surface area contributed by atoms with E-state index in [4.69, 9.17) is 9.47 Å². The van der Waals surface area contributed by atoms with Gasteiger partial charge >= 0.3 is 11.9 Å². The Morgan fingerprint density at radius 3 is 2.68 bits per heavy atom. The molecule has 132 valence electrons. The smallest absolute Gasteiger partial charge is 0.357 e. The van der Waals surface area contributed by atoms with Crippen molar-refractivity contribution >= 4 is 28.7 Å². The fourth-order valence-corrected chi connectivity index (χ4v) is 2.13. The van der Waals surface area contributed by atoms with Crippen LogP contribution in [-0.4, -0.2) is 42.6 Å². The molecule has 1 N–H and O–H groups in total. The van der Waals surface area contributed by atoms with Crippen molar-refractivity contribution in [2.45, 2.75) is 19.8 Å². The first-order valence-electron chi connectivity index (χ1n) is 8.05. The van der Waals surface area contributed by atoms with E-state index in [9.17, 15) is 14.4 Å². The van der Waals surface area contributed by atoms with Gasteiger partial charge in [-0.25, -0.2) is 9.78 Å². The average molecular weight is 344 g/mol. The standard InChI is InChI=1S/C18H20N2O5/c1-2-24-17(22)8-5-11-19-16(21)12-25-18(23)15-10-9-13-6-3-4-7-14(13)20-15/h3-4,6-7,9-10H,2,5,8,11-12H2,1H3,(H,19,21). The van der Waals surface area contributed by atoms with Crippen molar-refractivity contribution in [2.75, 3.05) is 19.8 Å². The summed E-state index contributed by atoms with van der Waals surface area (Å²) in [7, 11) is 0. The minimum Gasteiger partial charge on any atom is -0.466 e. The molecule has 2 aromatic rings. The normalized spacial score (nSPS) is 10.3. The molecule has 0 saturated carbocycles. The monoisotopic (exact) mass is 344 g/mol. The molecule has 1 amide bonds. The summed E-state index contributed by atoms with van der Waals surface area (Å²) >= 11 is 0. The zero-order chi connectivity index (χ0) is 18.1. The van der Waals surface area contributed by atoms with Crippen LogP contribution in [0, 0.1) is 0 Å². The quantitative estimate of drug-likeness (QED) is 0.580. The third kappa shape index (κ3) is 5.87. The zero-order valence-corrected chi connectivity index (χ0v) is 14.0. The minimum atomic E-state index is -0.660. The van der Waals surface area contributed by atoms with Gasteiger partial charge in [0.05, 0.1) is 12.1 Å². The molecule has 0 radical (unpaired) electrons. The predicted octanol–water partition coefficient (Wildman–Crippen LogP) is 1.85. The first kappa shape index (κ1) is 18.4. The summed E-state index contributed by atoms with van der Waals surface area (Å²) in [6.07, 6.45) is 0.694. The number of benzene rings is 1. The van der Waals surface area contributed by atoms with Crippen molar-refractivity contribution in [3.05, 3.63) is 42.1 Å². The van der Waals surface area contributed by atoms with Gasteiger partial charge in [-0.15, -0.1) is 0 Å². The number of hydrogen-bond donors (Lipinski definition) is 1. The van der Waals surface area contributed by atoms with Gasteiger partial charge in [-0.2, -0.15) is 0 Å². The number of nitrogens with one attached hydrogen (secondary N) is 1. The third-order valence-electron chi connectivity index (χ3n) is 3.33. The molecule has 0 atom stereocenters. The first-order chi connectivity index (χ1) is 12.1. The maximum Gasteiger partial charge on any atom is 0.357 e. The van der Waals surface area contributed by atoms with Gasteiger partial charge in [0.25, 0.3) is 5.91 Å².